The van der Waals surface area contributed by atoms with Gasteiger partial charge in [-0.05, 0) is 16.7 Å². The van der Waals surface area contributed by atoms with Crippen molar-refractivity contribution in [3.8, 4) is 0 Å². The number of imide groups is 1. The van der Waals surface area contributed by atoms with Gasteiger partial charge in [0.15, 0.2) is 0 Å². The lowest BCUT2D eigenvalue weighted by molar-refractivity contribution is -0.132. The second-order valence-electron chi connectivity index (χ2n) is 8.85. The van der Waals surface area contributed by atoms with Crippen molar-refractivity contribution in [1.82, 2.24) is 20.4 Å². The summed E-state index contributed by atoms with van der Waals surface area (Å²) in [4.78, 5) is 41.4. The summed E-state index contributed by atoms with van der Waals surface area (Å²) in [6.07, 6.45) is 3.15. The molecule has 1 fully saturated rings. The highest BCUT2D eigenvalue weighted by Crippen LogP contribution is 2.33. The second kappa shape index (κ2) is 7.84. The summed E-state index contributed by atoms with van der Waals surface area (Å²) in [5.74, 6) is -0.691. The maximum absolute atomic E-state index is 13.1. The molecule has 168 valence electrons. The molecule has 0 saturated carbocycles. The summed E-state index contributed by atoms with van der Waals surface area (Å²) in [5, 5.41) is 16.0. The summed E-state index contributed by atoms with van der Waals surface area (Å²) >= 11 is 0. The summed E-state index contributed by atoms with van der Waals surface area (Å²) in [5.41, 5.74) is 2.44. The topological polar surface area (TPSA) is 111 Å². The number of fused-ring (bicyclic) bond motifs is 1. The summed E-state index contributed by atoms with van der Waals surface area (Å²) in [6, 6.07) is 7.33. The van der Waals surface area contributed by atoms with Gasteiger partial charge in [-0.3, -0.25) is 19.8 Å². The number of hydrogen-bond acceptors (Lipinski definition) is 6. The van der Waals surface area contributed by atoms with E-state index in [0.29, 0.717) is 31.6 Å². The molecule has 0 radical (unpaired) electrons. The maximum atomic E-state index is 13.1. The van der Waals surface area contributed by atoms with E-state index in [0.717, 1.165) is 16.7 Å². The number of rotatable bonds is 6. The molecule has 3 atom stereocenters. The lowest BCUT2D eigenvalue weighted by Crippen LogP contribution is -2.58. The fourth-order valence-corrected chi connectivity index (χ4v) is 5.04. The lowest BCUT2D eigenvalue weighted by atomic mass is 9.93. The van der Waals surface area contributed by atoms with E-state index in [1.807, 2.05) is 41.3 Å². The molecule has 5 rings (SSSR count). The van der Waals surface area contributed by atoms with E-state index in [9.17, 15) is 19.5 Å². The van der Waals surface area contributed by atoms with Crippen LogP contribution in [0.2, 0.25) is 0 Å². The first-order chi connectivity index (χ1) is 15.4. The highest BCUT2D eigenvalue weighted by molar-refractivity contribution is 6.08. The van der Waals surface area contributed by atoms with Gasteiger partial charge in [-0.15, -0.1) is 0 Å². The van der Waals surface area contributed by atoms with Crippen LogP contribution in [0.4, 0.5) is 4.79 Å². The average Bonchev–Trinajstić information content (AvgIpc) is 3.42. The zero-order valence-electron chi connectivity index (χ0n) is 17.8. The van der Waals surface area contributed by atoms with E-state index < -0.39 is 23.7 Å². The van der Waals surface area contributed by atoms with Crippen LogP contribution in [0.1, 0.15) is 24.0 Å². The van der Waals surface area contributed by atoms with Crippen molar-refractivity contribution in [3.63, 3.8) is 0 Å². The van der Waals surface area contributed by atoms with Gasteiger partial charge in [0.05, 0.1) is 12.6 Å². The van der Waals surface area contributed by atoms with Crippen LogP contribution in [0.3, 0.4) is 0 Å². The standard InChI is InChI=1S/C23H26N4O5/c1-32-17-7-6-16-12-27(20(29)18(16)8-17)13-23(21(30)24-22(31)25-23)9-19(28)26-10-14-4-2-3-5-15(14)11-26/h2-7,17,19,28H,8-13H2,1H3,(H2,24,25,30,31). The zero-order chi connectivity index (χ0) is 22.5. The predicted octanol–water partition coefficient (Wildman–Crippen LogP) is 0.403. The van der Waals surface area contributed by atoms with Crippen molar-refractivity contribution >= 4 is 17.8 Å². The molecule has 0 spiro atoms. The van der Waals surface area contributed by atoms with Crippen LogP contribution in [0.5, 0.6) is 0 Å². The quantitative estimate of drug-likeness (QED) is 0.555. The van der Waals surface area contributed by atoms with Crippen molar-refractivity contribution in [2.45, 2.75) is 43.8 Å². The first kappa shape index (κ1) is 20.9. The number of benzene rings is 1. The lowest BCUT2D eigenvalue weighted by Gasteiger charge is -2.35. The molecule has 9 heteroatoms. The van der Waals surface area contributed by atoms with Gasteiger partial charge >= 0.3 is 6.03 Å². The third-order valence-corrected chi connectivity index (χ3v) is 6.81. The van der Waals surface area contributed by atoms with Crippen molar-refractivity contribution in [2.75, 3.05) is 20.2 Å². The Hall–Kier alpha value is -3.01. The molecular formula is C23H26N4O5. The normalized spacial score (nSPS) is 28.1. The van der Waals surface area contributed by atoms with Gasteiger partial charge in [0.2, 0.25) is 0 Å². The number of nitrogens with zero attached hydrogens (tertiary/aromatic N) is 2. The first-order valence-electron chi connectivity index (χ1n) is 10.7. The van der Waals surface area contributed by atoms with E-state index in [1.165, 1.54) is 0 Å². The third-order valence-electron chi connectivity index (χ3n) is 6.81. The Morgan fingerprint density at radius 3 is 2.53 bits per heavy atom. The van der Waals surface area contributed by atoms with Crippen LogP contribution in [-0.2, 0) is 27.4 Å². The predicted molar refractivity (Wildman–Crippen MR) is 114 cm³/mol. The Balaban J connectivity index is 1.33. The molecule has 3 N–H and O–H groups in total. The molecule has 1 aliphatic carbocycles. The van der Waals surface area contributed by atoms with Gasteiger partial charge in [-0.2, -0.15) is 0 Å². The number of hydrogen-bond donors (Lipinski definition) is 3. The van der Waals surface area contributed by atoms with Crippen LogP contribution in [-0.4, -0.2) is 70.8 Å². The molecule has 0 aromatic heterocycles. The van der Waals surface area contributed by atoms with Gasteiger partial charge in [0.1, 0.15) is 11.8 Å². The van der Waals surface area contributed by atoms with Crippen LogP contribution in [0, 0.1) is 0 Å². The van der Waals surface area contributed by atoms with Gasteiger partial charge in [-0.25, -0.2) is 4.79 Å². The Bertz CT molecular complexity index is 1030. The Morgan fingerprint density at radius 1 is 1.19 bits per heavy atom. The number of methoxy groups -OCH3 is 1. The van der Waals surface area contributed by atoms with Crippen LogP contribution >= 0.6 is 0 Å². The maximum Gasteiger partial charge on any atom is 0.322 e. The smallest absolute Gasteiger partial charge is 0.322 e. The SMILES string of the molecule is COC1C=CC2=C(C1)C(=O)N(CC1(CC(O)N3Cc4ccccc4C3)NC(=O)NC1=O)C2. The molecule has 1 aromatic carbocycles. The molecular weight excluding hydrogens is 412 g/mol. The molecule has 3 heterocycles. The molecule has 4 amide bonds. The highest BCUT2D eigenvalue weighted by atomic mass is 16.5. The Kier molecular flexibility index (Phi) is 5.11. The van der Waals surface area contributed by atoms with Gasteiger partial charge < -0.3 is 20.1 Å². The van der Waals surface area contributed by atoms with Gasteiger partial charge in [-0.1, -0.05) is 36.4 Å². The molecule has 3 unspecified atom stereocenters. The molecule has 1 aromatic rings. The first-order valence-corrected chi connectivity index (χ1v) is 10.7. The molecule has 9 nitrogen and oxygen atoms in total. The van der Waals surface area contributed by atoms with Crippen molar-refractivity contribution in [2.24, 2.45) is 0 Å². The molecule has 4 aliphatic rings. The van der Waals surface area contributed by atoms with Crippen molar-refractivity contribution in [3.05, 3.63) is 58.7 Å². The van der Waals surface area contributed by atoms with E-state index in [1.54, 1.807) is 12.0 Å². The number of nitrogens with one attached hydrogen (secondary N) is 2. The summed E-state index contributed by atoms with van der Waals surface area (Å²) < 4.78 is 5.35. The minimum Gasteiger partial charge on any atom is -0.378 e. The molecule has 1 saturated heterocycles. The van der Waals surface area contributed by atoms with E-state index >= 15 is 0 Å². The highest BCUT2D eigenvalue weighted by Gasteiger charge is 2.51. The molecule has 32 heavy (non-hydrogen) atoms. The number of ether oxygens (including phenoxy) is 1. The molecule has 3 aliphatic heterocycles. The Labute approximate surface area is 185 Å². The minimum absolute atomic E-state index is 0.0141. The second-order valence-corrected chi connectivity index (χ2v) is 8.85. The number of aliphatic hydroxyl groups is 1. The number of amides is 4. The molecule has 0 bridgehead atoms. The van der Waals surface area contributed by atoms with Gasteiger partial charge in [0, 0.05) is 45.2 Å². The number of carbonyl (C=O) groups excluding carboxylic acids is 3. The average molecular weight is 438 g/mol. The number of carbonyl (C=O) groups is 3. The number of urea groups is 1. The number of aliphatic hydroxyl groups excluding tert-OH is 1. The van der Waals surface area contributed by atoms with E-state index in [-0.39, 0.29) is 25.0 Å². The largest absolute Gasteiger partial charge is 0.378 e. The van der Waals surface area contributed by atoms with Gasteiger partial charge in [0.25, 0.3) is 11.8 Å². The summed E-state index contributed by atoms with van der Waals surface area (Å²) in [6.45, 7) is 1.46. The summed E-state index contributed by atoms with van der Waals surface area (Å²) in [7, 11) is 1.60. The van der Waals surface area contributed by atoms with Crippen LogP contribution < -0.4 is 10.6 Å². The van der Waals surface area contributed by atoms with Crippen molar-refractivity contribution < 1.29 is 24.2 Å². The van der Waals surface area contributed by atoms with Crippen LogP contribution in [0.15, 0.2) is 47.6 Å². The monoisotopic (exact) mass is 438 g/mol. The third kappa shape index (κ3) is 3.52. The van der Waals surface area contributed by atoms with Crippen LogP contribution in [0.25, 0.3) is 0 Å². The van der Waals surface area contributed by atoms with E-state index in [4.69, 9.17) is 4.74 Å². The van der Waals surface area contributed by atoms with E-state index in [2.05, 4.69) is 10.6 Å². The fourth-order valence-electron chi connectivity index (χ4n) is 5.04. The Morgan fingerprint density at radius 2 is 1.91 bits per heavy atom. The van der Waals surface area contributed by atoms with Crippen molar-refractivity contribution in [1.29, 1.82) is 0 Å². The minimum atomic E-state index is -1.40. The zero-order valence-corrected chi connectivity index (χ0v) is 17.8. The fraction of sp³-hybridized carbons (Fsp3) is 0.435.